The zero-order chi connectivity index (χ0) is 15.5. The molecule has 0 saturated carbocycles. The molecule has 114 valence electrons. The van der Waals surface area contributed by atoms with Gasteiger partial charge in [0.15, 0.2) is 11.5 Å². The third-order valence-electron chi connectivity index (χ3n) is 3.50. The Hall–Kier alpha value is -2.83. The topological polar surface area (TPSA) is 86.5 Å². The second-order valence-corrected chi connectivity index (χ2v) is 4.93. The summed E-state index contributed by atoms with van der Waals surface area (Å²) in [5.74, 6) is 1.69. The third kappa shape index (κ3) is 2.65. The first-order valence-corrected chi connectivity index (χ1v) is 6.83. The van der Waals surface area contributed by atoms with Gasteiger partial charge in [-0.15, -0.1) is 0 Å². The van der Waals surface area contributed by atoms with Gasteiger partial charge in [-0.25, -0.2) is 4.98 Å². The quantitative estimate of drug-likeness (QED) is 0.689. The molecule has 0 spiro atoms. The van der Waals surface area contributed by atoms with E-state index in [0.29, 0.717) is 18.8 Å². The van der Waals surface area contributed by atoms with E-state index in [9.17, 15) is 10.1 Å². The number of anilines is 1. The van der Waals surface area contributed by atoms with E-state index in [1.807, 2.05) is 18.2 Å². The van der Waals surface area contributed by atoms with Gasteiger partial charge in [0.2, 0.25) is 5.82 Å². The van der Waals surface area contributed by atoms with E-state index < -0.39 is 4.92 Å². The molecule has 0 saturated heterocycles. The van der Waals surface area contributed by atoms with Gasteiger partial charge in [0, 0.05) is 17.8 Å². The molecule has 0 fully saturated rings. The average Bonchev–Trinajstić information content (AvgIpc) is 2.54. The summed E-state index contributed by atoms with van der Waals surface area (Å²) >= 11 is 0. The molecule has 7 heteroatoms. The lowest BCUT2D eigenvalue weighted by molar-refractivity contribution is -0.384. The standard InChI is InChI=1S/C15H15N3O4/c1-21-13-6-2-4-10-8-11(9-22-14(10)13)17-15-12(18(19)20)5-3-7-16-15/h2-7,11H,8-9H2,1H3,(H,16,17). The van der Waals surface area contributed by atoms with Crippen molar-refractivity contribution >= 4 is 11.5 Å². The fourth-order valence-electron chi connectivity index (χ4n) is 2.50. The molecule has 0 aliphatic carbocycles. The number of nitro groups is 1. The van der Waals surface area contributed by atoms with E-state index in [1.165, 1.54) is 12.3 Å². The lowest BCUT2D eigenvalue weighted by atomic mass is 10.0. The van der Waals surface area contributed by atoms with Crippen LogP contribution in [0.2, 0.25) is 0 Å². The summed E-state index contributed by atoms with van der Waals surface area (Å²) < 4.78 is 11.0. The van der Waals surface area contributed by atoms with Crippen molar-refractivity contribution in [3.05, 3.63) is 52.2 Å². The molecule has 2 aromatic rings. The Morgan fingerprint density at radius 3 is 3.05 bits per heavy atom. The molecule has 0 radical (unpaired) electrons. The van der Waals surface area contributed by atoms with Crippen molar-refractivity contribution in [2.24, 2.45) is 0 Å². The fraction of sp³-hybridized carbons (Fsp3) is 0.267. The van der Waals surface area contributed by atoms with Crippen molar-refractivity contribution in [1.29, 1.82) is 0 Å². The maximum Gasteiger partial charge on any atom is 0.311 e. The molecule has 1 unspecified atom stereocenters. The number of hydrogen-bond donors (Lipinski definition) is 1. The predicted molar refractivity (Wildman–Crippen MR) is 80.5 cm³/mol. The van der Waals surface area contributed by atoms with Crippen LogP contribution in [0, 0.1) is 10.1 Å². The number of pyridine rings is 1. The number of hydrogen-bond acceptors (Lipinski definition) is 6. The highest BCUT2D eigenvalue weighted by Crippen LogP contribution is 2.35. The lowest BCUT2D eigenvalue weighted by Gasteiger charge is -2.27. The normalized spacial score (nSPS) is 16.3. The SMILES string of the molecule is COc1cccc2c1OCC(Nc1ncccc1[N+](=O)[O-])C2. The molecule has 1 atom stereocenters. The van der Waals surface area contributed by atoms with E-state index in [4.69, 9.17) is 9.47 Å². The molecule has 1 N–H and O–H groups in total. The number of ether oxygens (including phenoxy) is 2. The summed E-state index contributed by atoms with van der Waals surface area (Å²) in [5, 5.41) is 14.1. The lowest BCUT2D eigenvalue weighted by Crippen LogP contribution is -2.33. The van der Waals surface area contributed by atoms with Gasteiger partial charge >= 0.3 is 5.69 Å². The number of nitrogens with one attached hydrogen (secondary N) is 1. The van der Waals surface area contributed by atoms with Crippen LogP contribution in [0.5, 0.6) is 11.5 Å². The first-order chi connectivity index (χ1) is 10.7. The van der Waals surface area contributed by atoms with Gasteiger partial charge in [0.05, 0.1) is 18.1 Å². The van der Waals surface area contributed by atoms with Crippen molar-refractivity contribution in [2.75, 3.05) is 19.0 Å². The van der Waals surface area contributed by atoms with Crippen molar-refractivity contribution < 1.29 is 14.4 Å². The number of methoxy groups -OCH3 is 1. The molecule has 7 nitrogen and oxygen atoms in total. The highest BCUT2D eigenvalue weighted by molar-refractivity contribution is 5.56. The predicted octanol–water partition coefficient (Wildman–Crippen LogP) is 2.41. The number of benzene rings is 1. The number of fused-ring (bicyclic) bond motifs is 1. The van der Waals surface area contributed by atoms with Crippen molar-refractivity contribution in [3.8, 4) is 11.5 Å². The van der Waals surface area contributed by atoms with Crippen molar-refractivity contribution in [2.45, 2.75) is 12.5 Å². The van der Waals surface area contributed by atoms with Crippen LogP contribution >= 0.6 is 0 Å². The third-order valence-corrected chi connectivity index (χ3v) is 3.50. The Kier molecular flexibility index (Phi) is 3.78. The smallest absolute Gasteiger partial charge is 0.311 e. The summed E-state index contributed by atoms with van der Waals surface area (Å²) in [6.07, 6.45) is 2.20. The first-order valence-electron chi connectivity index (χ1n) is 6.83. The Morgan fingerprint density at radius 2 is 2.27 bits per heavy atom. The van der Waals surface area contributed by atoms with Gasteiger partial charge in [-0.05, 0) is 18.6 Å². The van der Waals surface area contributed by atoms with Gasteiger partial charge < -0.3 is 14.8 Å². The zero-order valence-electron chi connectivity index (χ0n) is 12.0. The maximum absolute atomic E-state index is 11.0. The Labute approximate surface area is 127 Å². The number of nitrogens with zero attached hydrogens (tertiary/aromatic N) is 2. The second kappa shape index (κ2) is 5.88. The van der Waals surface area contributed by atoms with Crippen LogP contribution in [0.25, 0.3) is 0 Å². The molecule has 1 aromatic carbocycles. The van der Waals surface area contributed by atoms with Crippen LogP contribution in [0.1, 0.15) is 5.56 Å². The summed E-state index contributed by atoms with van der Waals surface area (Å²) in [6, 6.07) is 8.58. The van der Waals surface area contributed by atoms with Crippen LogP contribution in [-0.4, -0.2) is 29.7 Å². The fourth-order valence-corrected chi connectivity index (χ4v) is 2.50. The van der Waals surface area contributed by atoms with Gasteiger partial charge in [-0.1, -0.05) is 12.1 Å². The summed E-state index contributed by atoms with van der Waals surface area (Å²) in [4.78, 5) is 14.6. The van der Waals surface area contributed by atoms with Crippen LogP contribution in [0.4, 0.5) is 11.5 Å². The maximum atomic E-state index is 11.0. The summed E-state index contributed by atoms with van der Waals surface area (Å²) in [6.45, 7) is 0.390. The van der Waals surface area contributed by atoms with Gasteiger partial charge in [0.25, 0.3) is 0 Å². The zero-order valence-corrected chi connectivity index (χ0v) is 12.0. The minimum Gasteiger partial charge on any atom is -0.493 e. The van der Waals surface area contributed by atoms with Crippen LogP contribution in [-0.2, 0) is 6.42 Å². The van der Waals surface area contributed by atoms with E-state index in [-0.39, 0.29) is 17.5 Å². The molecule has 0 amide bonds. The molecule has 0 bridgehead atoms. The molecule has 1 aliphatic rings. The minimum atomic E-state index is -0.448. The Morgan fingerprint density at radius 1 is 1.41 bits per heavy atom. The summed E-state index contributed by atoms with van der Waals surface area (Å²) in [7, 11) is 1.60. The molecule has 2 heterocycles. The van der Waals surface area contributed by atoms with E-state index in [2.05, 4.69) is 10.3 Å². The van der Waals surface area contributed by atoms with E-state index in [1.54, 1.807) is 13.2 Å². The average molecular weight is 301 g/mol. The van der Waals surface area contributed by atoms with Gasteiger partial charge in [-0.3, -0.25) is 10.1 Å². The van der Waals surface area contributed by atoms with Crippen LogP contribution in [0.3, 0.4) is 0 Å². The highest BCUT2D eigenvalue weighted by atomic mass is 16.6. The number of para-hydroxylation sites is 1. The molecule has 1 aromatic heterocycles. The number of aromatic nitrogens is 1. The second-order valence-electron chi connectivity index (χ2n) is 4.93. The van der Waals surface area contributed by atoms with Gasteiger partial charge in [0.1, 0.15) is 6.61 Å². The molecule has 22 heavy (non-hydrogen) atoms. The van der Waals surface area contributed by atoms with E-state index in [0.717, 1.165) is 11.3 Å². The Balaban J connectivity index is 1.80. The molecular weight excluding hydrogens is 286 g/mol. The van der Waals surface area contributed by atoms with E-state index >= 15 is 0 Å². The number of rotatable bonds is 4. The van der Waals surface area contributed by atoms with Crippen molar-refractivity contribution in [3.63, 3.8) is 0 Å². The monoisotopic (exact) mass is 301 g/mol. The Bertz CT molecular complexity index is 705. The highest BCUT2D eigenvalue weighted by Gasteiger charge is 2.25. The van der Waals surface area contributed by atoms with Crippen LogP contribution in [0.15, 0.2) is 36.5 Å². The largest absolute Gasteiger partial charge is 0.493 e. The van der Waals surface area contributed by atoms with Crippen LogP contribution < -0.4 is 14.8 Å². The molecule has 3 rings (SSSR count). The minimum absolute atomic E-state index is 0.0426. The molecule has 1 aliphatic heterocycles. The van der Waals surface area contributed by atoms with Gasteiger partial charge in [-0.2, -0.15) is 0 Å². The summed E-state index contributed by atoms with van der Waals surface area (Å²) in [5.41, 5.74) is 0.959. The first kappa shape index (κ1) is 14.1. The van der Waals surface area contributed by atoms with Crippen molar-refractivity contribution in [1.82, 2.24) is 4.98 Å². The molecular formula is C15H15N3O4.